The molecule has 0 aliphatic heterocycles. The molecule has 0 spiro atoms. The minimum atomic E-state index is -0.787. The Labute approximate surface area is 116 Å². The van der Waals surface area contributed by atoms with Crippen molar-refractivity contribution in [2.24, 2.45) is 5.41 Å². The molecule has 0 aliphatic carbocycles. The van der Waals surface area contributed by atoms with Gasteiger partial charge in [-0.2, -0.15) is 0 Å². The average molecular weight is 321 g/mol. The molecule has 0 fully saturated rings. The highest BCUT2D eigenvalue weighted by atomic mass is 79.9. The summed E-state index contributed by atoms with van der Waals surface area (Å²) in [6, 6.07) is -0.246. The van der Waals surface area contributed by atoms with Crippen LogP contribution in [0.1, 0.15) is 33.1 Å². The minimum Gasteiger partial charge on any atom is -0.481 e. The highest BCUT2D eigenvalue weighted by Crippen LogP contribution is 2.25. The summed E-state index contributed by atoms with van der Waals surface area (Å²) in [6.07, 6.45) is 1.50. The van der Waals surface area contributed by atoms with Gasteiger partial charge in [0, 0.05) is 17.4 Å². The second kappa shape index (κ2) is 8.13. The van der Waals surface area contributed by atoms with Gasteiger partial charge in [0.25, 0.3) is 0 Å². The maximum Gasteiger partial charge on any atom is 0.315 e. The Bertz CT molecular complexity index is 316. The van der Waals surface area contributed by atoms with Crippen LogP contribution in [0.4, 0.5) is 4.79 Å². The van der Waals surface area contributed by atoms with Crippen molar-refractivity contribution < 1.29 is 14.7 Å². The third-order valence-electron chi connectivity index (χ3n) is 2.54. The van der Waals surface area contributed by atoms with Crippen LogP contribution in [-0.4, -0.2) is 30.2 Å². The number of hydrogen-bond acceptors (Lipinski definition) is 2. The number of aliphatic carboxylic acids is 1. The van der Waals surface area contributed by atoms with Crippen molar-refractivity contribution in [3.8, 4) is 0 Å². The van der Waals surface area contributed by atoms with Crippen LogP contribution in [0.15, 0.2) is 11.1 Å². The number of carbonyl (C=O) groups is 2. The molecule has 0 saturated heterocycles. The monoisotopic (exact) mass is 320 g/mol. The highest BCUT2D eigenvalue weighted by Gasteiger charge is 2.19. The topological polar surface area (TPSA) is 78.4 Å². The molecule has 2 amide bonds. The van der Waals surface area contributed by atoms with Gasteiger partial charge < -0.3 is 15.7 Å². The molecular weight excluding hydrogens is 300 g/mol. The summed E-state index contributed by atoms with van der Waals surface area (Å²) in [4.78, 5) is 21.8. The number of urea groups is 1. The van der Waals surface area contributed by atoms with Crippen LogP contribution in [0, 0.1) is 5.41 Å². The Hall–Kier alpha value is -1.04. The van der Waals surface area contributed by atoms with E-state index in [-0.39, 0.29) is 17.9 Å². The van der Waals surface area contributed by atoms with Gasteiger partial charge in [0.15, 0.2) is 0 Å². The van der Waals surface area contributed by atoms with E-state index in [1.165, 1.54) is 0 Å². The van der Waals surface area contributed by atoms with Crippen LogP contribution in [0.25, 0.3) is 0 Å². The number of amides is 2. The van der Waals surface area contributed by atoms with Gasteiger partial charge in [-0.05, 0) is 18.3 Å². The van der Waals surface area contributed by atoms with Crippen molar-refractivity contribution in [2.45, 2.75) is 33.1 Å². The lowest BCUT2D eigenvalue weighted by Crippen LogP contribution is -2.37. The fourth-order valence-electron chi connectivity index (χ4n) is 1.32. The van der Waals surface area contributed by atoms with Crippen molar-refractivity contribution in [1.82, 2.24) is 10.6 Å². The van der Waals surface area contributed by atoms with Gasteiger partial charge in [-0.3, -0.25) is 4.79 Å². The maximum absolute atomic E-state index is 11.3. The predicted octanol–water partition coefficient (Wildman–Crippen LogP) is 2.48. The number of nitrogens with one attached hydrogen (secondary N) is 2. The fraction of sp³-hybridized carbons (Fsp3) is 0.667. The molecule has 0 unspecified atom stereocenters. The molecule has 0 heterocycles. The first-order valence-electron chi connectivity index (χ1n) is 5.80. The number of carboxylic acids is 1. The molecule has 0 saturated carbocycles. The zero-order chi connectivity index (χ0) is 14.2. The molecule has 18 heavy (non-hydrogen) atoms. The van der Waals surface area contributed by atoms with Crippen LogP contribution < -0.4 is 10.6 Å². The SMILES string of the molecule is C=C(Br)CNC(=O)NCCC(C)(C)CCC(=O)O. The lowest BCUT2D eigenvalue weighted by molar-refractivity contribution is -0.137. The Morgan fingerprint density at radius 1 is 1.28 bits per heavy atom. The van der Waals surface area contributed by atoms with E-state index >= 15 is 0 Å². The molecular formula is C12H21BrN2O3. The number of carboxylic acid groups (broad SMARTS) is 1. The second-order valence-corrected chi connectivity index (χ2v) is 6.06. The summed E-state index contributed by atoms with van der Waals surface area (Å²) in [5, 5.41) is 14.0. The van der Waals surface area contributed by atoms with Crippen molar-refractivity contribution >= 4 is 27.9 Å². The Morgan fingerprint density at radius 2 is 1.89 bits per heavy atom. The van der Waals surface area contributed by atoms with E-state index in [1.807, 2.05) is 13.8 Å². The summed E-state index contributed by atoms with van der Waals surface area (Å²) in [7, 11) is 0. The molecule has 0 aromatic rings. The molecule has 0 aliphatic rings. The first kappa shape index (κ1) is 17.0. The van der Waals surface area contributed by atoms with E-state index in [2.05, 4.69) is 33.1 Å². The molecule has 0 rings (SSSR count). The Morgan fingerprint density at radius 3 is 2.39 bits per heavy atom. The zero-order valence-electron chi connectivity index (χ0n) is 10.9. The van der Waals surface area contributed by atoms with Gasteiger partial charge in [0.1, 0.15) is 0 Å². The first-order chi connectivity index (χ1) is 8.23. The highest BCUT2D eigenvalue weighted by molar-refractivity contribution is 9.11. The van der Waals surface area contributed by atoms with Crippen LogP contribution in [-0.2, 0) is 4.79 Å². The summed E-state index contributed by atoms with van der Waals surface area (Å²) in [6.45, 7) is 8.50. The second-order valence-electron chi connectivity index (χ2n) is 4.93. The van der Waals surface area contributed by atoms with E-state index in [1.54, 1.807) is 0 Å². The van der Waals surface area contributed by atoms with Gasteiger partial charge in [-0.1, -0.05) is 36.4 Å². The lowest BCUT2D eigenvalue weighted by atomic mass is 9.84. The zero-order valence-corrected chi connectivity index (χ0v) is 12.5. The molecule has 0 radical (unpaired) electrons. The van der Waals surface area contributed by atoms with Gasteiger partial charge in [-0.25, -0.2) is 4.79 Å². The normalized spacial score (nSPS) is 10.8. The van der Waals surface area contributed by atoms with E-state index < -0.39 is 5.97 Å². The van der Waals surface area contributed by atoms with Gasteiger partial charge in [0.05, 0.1) is 6.54 Å². The molecule has 0 bridgehead atoms. The van der Waals surface area contributed by atoms with Crippen LogP contribution in [0.3, 0.4) is 0 Å². The number of rotatable bonds is 8. The van der Waals surface area contributed by atoms with Crippen molar-refractivity contribution in [1.29, 1.82) is 0 Å². The molecule has 0 aromatic heterocycles. The summed E-state index contributed by atoms with van der Waals surface area (Å²) in [5.74, 6) is -0.787. The van der Waals surface area contributed by atoms with Crippen LogP contribution >= 0.6 is 15.9 Å². The lowest BCUT2D eigenvalue weighted by Gasteiger charge is -2.23. The summed E-state index contributed by atoms with van der Waals surface area (Å²) in [5.41, 5.74) is -0.0926. The molecule has 104 valence electrons. The minimum absolute atomic E-state index is 0.0926. The first-order valence-corrected chi connectivity index (χ1v) is 6.59. The standard InChI is InChI=1S/C12H21BrN2O3/c1-9(13)8-15-11(18)14-7-6-12(2,3)5-4-10(16)17/h1,4-8H2,2-3H3,(H,16,17)(H2,14,15,18). The van der Waals surface area contributed by atoms with Crippen molar-refractivity contribution in [3.63, 3.8) is 0 Å². The molecule has 6 heteroatoms. The van der Waals surface area contributed by atoms with Gasteiger partial charge in [0.2, 0.25) is 0 Å². The molecule has 0 aromatic carbocycles. The number of halogens is 1. The third kappa shape index (κ3) is 10.1. The van der Waals surface area contributed by atoms with E-state index in [9.17, 15) is 9.59 Å². The van der Waals surface area contributed by atoms with Crippen molar-refractivity contribution in [3.05, 3.63) is 11.1 Å². The largest absolute Gasteiger partial charge is 0.481 e. The maximum atomic E-state index is 11.3. The van der Waals surface area contributed by atoms with Crippen LogP contribution in [0.5, 0.6) is 0 Å². The molecule has 0 atom stereocenters. The predicted molar refractivity (Wildman–Crippen MR) is 74.7 cm³/mol. The van der Waals surface area contributed by atoms with E-state index in [0.717, 1.165) is 6.42 Å². The molecule has 3 N–H and O–H groups in total. The summed E-state index contributed by atoms with van der Waals surface area (Å²) >= 11 is 3.14. The smallest absolute Gasteiger partial charge is 0.315 e. The average Bonchev–Trinajstić information content (AvgIpc) is 2.23. The van der Waals surface area contributed by atoms with E-state index in [4.69, 9.17) is 5.11 Å². The number of carbonyl (C=O) groups excluding carboxylic acids is 1. The fourth-order valence-corrected chi connectivity index (χ4v) is 1.46. The van der Waals surface area contributed by atoms with Crippen LogP contribution in [0.2, 0.25) is 0 Å². The quantitative estimate of drug-likeness (QED) is 0.643. The summed E-state index contributed by atoms with van der Waals surface area (Å²) < 4.78 is 0.708. The van der Waals surface area contributed by atoms with Crippen molar-refractivity contribution in [2.75, 3.05) is 13.1 Å². The van der Waals surface area contributed by atoms with E-state index in [0.29, 0.717) is 24.0 Å². The number of hydrogen-bond donors (Lipinski definition) is 3. The Balaban J connectivity index is 3.77. The molecule has 5 nitrogen and oxygen atoms in total. The Kier molecular flexibility index (Phi) is 7.66. The van der Waals surface area contributed by atoms with Gasteiger partial charge in [-0.15, -0.1) is 0 Å². The third-order valence-corrected chi connectivity index (χ3v) is 2.82. The van der Waals surface area contributed by atoms with Gasteiger partial charge >= 0.3 is 12.0 Å².